The normalized spacial score (nSPS) is 16.2. The van der Waals surface area contributed by atoms with Gasteiger partial charge in [0.25, 0.3) is 0 Å². The van der Waals surface area contributed by atoms with Gasteiger partial charge in [0.05, 0.1) is 0 Å². The van der Waals surface area contributed by atoms with Crippen molar-refractivity contribution in [1.82, 2.24) is 5.32 Å². The van der Waals surface area contributed by atoms with Crippen LogP contribution in [0.25, 0.3) is 0 Å². The van der Waals surface area contributed by atoms with Gasteiger partial charge in [-0.15, -0.1) is 0 Å². The lowest BCUT2D eigenvalue weighted by molar-refractivity contribution is 0.350. The average molecular weight is 191 g/mol. The number of allylic oxidation sites excluding steroid dienone is 3. The molecule has 0 amide bonds. The fourth-order valence-corrected chi connectivity index (χ4v) is 1.63. The van der Waals surface area contributed by atoms with Gasteiger partial charge in [-0.2, -0.15) is 0 Å². The van der Waals surface area contributed by atoms with Gasteiger partial charge < -0.3 is 5.32 Å². The maximum atomic E-state index is 3.70. The molecule has 1 aliphatic carbocycles. The lowest BCUT2D eigenvalue weighted by Crippen LogP contribution is -2.13. The molecule has 0 atom stereocenters. The first-order valence-corrected chi connectivity index (χ1v) is 5.35. The maximum absolute atomic E-state index is 3.70. The summed E-state index contributed by atoms with van der Waals surface area (Å²) in [6.07, 6.45) is 9.61. The van der Waals surface area contributed by atoms with Gasteiger partial charge in [0.2, 0.25) is 0 Å². The Bertz CT molecular complexity index is 269. The Labute approximate surface area is 87.6 Å². The van der Waals surface area contributed by atoms with E-state index in [-0.39, 0.29) is 0 Å². The van der Waals surface area contributed by atoms with Gasteiger partial charge >= 0.3 is 0 Å². The Morgan fingerprint density at radius 3 is 2.86 bits per heavy atom. The molecule has 0 heterocycles. The van der Waals surface area contributed by atoms with E-state index in [0.717, 1.165) is 12.8 Å². The topological polar surface area (TPSA) is 12.0 Å². The molecule has 78 valence electrons. The van der Waals surface area contributed by atoms with Crippen molar-refractivity contribution < 1.29 is 0 Å². The fraction of sp³-hybridized carbons (Fsp3) is 0.538. The van der Waals surface area contributed by atoms with E-state index in [2.05, 4.69) is 44.8 Å². The number of nitrogens with one attached hydrogen (secondary N) is 1. The lowest BCUT2D eigenvalue weighted by atomic mass is 9.83. The molecule has 0 aromatic rings. The molecule has 1 nitrogen and oxygen atoms in total. The first-order valence-electron chi connectivity index (χ1n) is 5.35. The van der Waals surface area contributed by atoms with Crippen molar-refractivity contribution in [2.24, 2.45) is 5.41 Å². The van der Waals surface area contributed by atoms with E-state index in [1.165, 1.54) is 17.7 Å². The van der Waals surface area contributed by atoms with Gasteiger partial charge in [-0.1, -0.05) is 45.9 Å². The van der Waals surface area contributed by atoms with Gasteiger partial charge in [-0.3, -0.25) is 0 Å². The fourth-order valence-electron chi connectivity index (χ4n) is 1.63. The van der Waals surface area contributed by atoms with E-state index in [4.69, 9.17) is 0 Å². The van der Waals surface area contributed by atoms with Crippen LogP contribution in [0.1, 0.15) is 40.0 Å². The molecule has 0 aliphatic heterocycles. The van der Waals surface area contributed by atoms with Crippen molar-refractivity contribution in [2.45, 2.75) is 40.0 Å². The van der Waals surface area contributed by atoms with Crippen LogP contribution in [0.5, 0.6) is 0 Å². The minimum Gasteiger partial charge on any atom is -0.365 e. The summed E-state index contributed by atoms with van der Waals surface area (Å²) >= 11 is 0. The van der Waals surface area contributed by atoms with E-state index < -0.39 is 0 Å². The smallest absolute Gasteiger partial charge is 0.0217 e. The molecular formula is C13H21N. The highest BCUT2D eigenvalue weighted by molar-refractivity contribution is 5.34. The van der Waals surface area contributed by atoms with Crippen LogP contribution in [0.3, 0.4) is 0 Å². The summed E-state index contributed by atoms with van der Waals surface area (Å²) in [5, 5.41) is 3.22. The maximum Gasteiger partial charge on any atom is 0.0217 e. The Morgan fingerprint density at radius 2 is 2.29 bits per heavy atom. The third-order valence-electron chi connectivity index (χ3n) is 2.93. The van der Waals surface area contributed by atoms with Crippen molar-refractivity contribution in [3.63, 3.8) is 0 Å². The molecule has 0 bridgehead atoms. The second-order valence-electron chi connectivity index (χ2n) is 4.65. The molecule has 0 saturated heterocycles. The quantitative estimate of drug-likeness (QED) is 0.697. The van der Waals surface area contributed by atoms with Crippen molar-refractivity contribution in [2.75, 3.05) is 0 Å². The van der Waals surface area contributed by atoms with Gasteiger partial charge in [0, 0.05) is 12.1 Å². The first-order chi connectivity index (χ1) is 6.59. The summed E-state index contributed by atoms with van der Waals surface area (Å²) in [5.74, 6) is 0. The number of hydrogen-bond acceptors (Lipinski definition) is 1. The second kappa shape index (κ2) is 4.50. The number of hydrogen-bond donors (Lipinski definition) is 1. The van der Waals surface area contributed by atoms with Crippen LogP contribution >= 0.6 is 0 Å². The molecule has 1 N–H and O–H groups in total. The zero-order chi connectivity index (χ0) is 10.6. The SMILES string of the molecule is C=CNC1=C(CC(C)(C)CC)C=CC1. The molecule has 0 fully saturated rings. The molecule has 0 aromatic carbocycles. The van der Waals surface area contributed by atoms with Crippen LogP contribution in [0, 0.1) is 5.41 Å². The molecular weight excluding hydrogens is 170 g/mol. The van der Waals surface area contributed by atoms with Gasteiger partial charge in [0.1, 0.15) is 0 Å². The van der Waals surface area contributed by atoms with Crippen LogP contribution in [-0.2, 0) is 0 Å². The third kappa shape index (κ3) is 2.76. The molecule has 0 aromatic heterocycles. The molecule has 0 saturated carbocycles. The molecule has 14 heavy (non-hydrogen) atoms. The molecule has 1 rings (SSSR count). The van der Waals surface area contributed by atoms with Crippen LogP contribution in [0.2, 0.25) is 0 Å². The zero-order valence-electron chi connectivity index (χ0n) is 9.56. The van der Waals surface area contributed by atoms with Crippen molar-refractivity contribution in [3.8, 4) is 0 Å². The summed E-state index contributed by atoms with van der Waals surface area (Å²) in [4.78, 5) is 0. The Kier molecular flexibility index (Phi) is 3.56. The van der Waals surface area contributed by atoms with Gasteiger partial charge in [-0.25, -0.2) is 0 Å². The van der Waals surface area contributed by atoms with E-state index in [9.17, 15) is 0 Å². The highest BCUT2D eigenvalue weighted by Crippen LogP contribution is 2.32. The van der Waals surface area contributed by atoms with Crippen LogP contribution in [0.15, 0.2) is 36.2 Å². The van der Waals surface area contributed by atoms with E-state index in [1.54, 1.807) is 6.20 Å². The summed E-state index contributed by atoms with van der Waals surface area (Å²) in [5.41, 5.74) is 3.16. The molecule has 0 unspecified atom stereocenters. The van der Waals surface area contributed by atoms with Crippen molar-refractivity contribution in [3.05, 3.63) is 36.2 Å². The summed E-state index contributed by atoms with van der Waals surface area (Å²) in [7, 11) is 0. The standard InChI is InChI=1S/C13H21N/c1-5-13(3,4)10-11-8-7-9-12(11)14-6-2/h6-8,14H,2,5,9-10H2,1,3-4H3. The summed E-state index contributed by atoms with van der Waals surface area (Å²) in [6.45, 7) is 10.6. The third-order valence-corrected chi connectivity index (χ3v) is 2.93. The van der Waals surface area contributed by atoms with Crippen LogP contribution in [-0.4, -0.2) is 0 Å². The molecule has 0 radical (unpaired) electrons. The Morgan fingerprint density at radius 1 is 1.57 bits per heavy atom. The van der Waals surface area contributed by atoms with E-state index >= 15 is 0 Å². The van der Waals surface area contributed by atoms with Crippen molar-refractivity contribution >= 4 is 0 Å². The van der Waals surface area contributed by atoms with Crippen LogP contribution in [0.4, 0.5) is 0 Å². The largest absolute Gasteiger partial charge is 0.365 e. The zero-order valence-corrected chi connectivity index (χ0v) is 9.56. The Balaban J connectivity index is 2.70. The predicted molar refractivity (Wildman–Crippen MR) is 62.8 cm³/mol. The molecule has 1 heteroatoms. The molecule has 0 spiro atoms. The highest BCUT2D eigenvalue weighted by Gasteiger charge is 2.19. The summed E-state index contributed by atoms with van der Waals surface area (Å²) in [6, 6.07) is 0. The molecule has 1 aliphatic rings. The monoisotopic (exact) mass is 191 g/mol. The minimum absolute atomic E-state index is 0.401. The lowest BCUT2D eigenvalue weighted by Gasteiger charge is -2.23. The highest BCUT2D eigenvalue weighted by atomic mass is 14.8. The number of rotatable bonds is 5. The Hall–Kier alpha value is -0.980. The van der Waals surface area contributed by atoms with E-state index in [0.29, 0.717) is 5.41 Å². The first kappa shape index (κ1) is 11.1. The second-order valence-corrected chi connectivity index (χ2v) is 4.65. The van der Waals surface area contributed by atoms with Gasteiger partial charge in [-0.05, 0) is 23.6 Å². The minimum atomic E-state index is 0.401. The van der Waals surface area contributed by atoms with Crippen molar-refractivity contribution in [1.29, 1.82) is 0 Å². The van der Waals surface area contributed by atoms with Crippen LogP contribution < -0.4 is 5.32 Å². The average Bonchev–Trinajstić information content (AvgIpc) is 2.53. The predicted octanol–water partition coefficient (Wildman–Crippen LogP) is 3.76. The van der Waals surface area contributed by atoms with Gasteiger partial charge in [0.15, 0.2) is 0 Å². The van der Waals surface area contributed by atoms with E-state index in [1.807, 2.05) is 0 Å². The summed E-state index contributed by atoms with van der Waals surface area (Å²) < 4.78 is 0.